The van der Waals surface area contributed by atoms with Gasteiger partial charge in [-0.3, -0.25) is 4.79 Å². The van der Waals surface area contributed by atoms with Gasteiger partial charge in [0.1, 0.15) is 16.7 Å². The van der Waals surface area contributed by atoms with E-state index in [1.807, 2.05) is 0 Å². The summed E-state index contributed by atoms with van der Waals surface area (Å²) in [7, 11) is 0. The van der Waals surface area contributed by atoms with Crippen LogP contribution in [0.25, 0.3) is 11.0 Å². The first kappa shape index (κ1) is 9.52. The molecule has 0 spiro atoms. The highest BCUT2D eigenvalue weighted by atomic mass is 16.1. The van der Waals surface area contributed by atoms with Crippen LogP contribution in [0.3, 0.4) is 0 Å². The van der Waals surface area contributed by atoms with E-state index in [-0.39, 0.29) is 5.91 Å². The fourth-order valence-corrected chi connectivity index (χ4v) is 1.50. The fourth-order valence-electron chi connectivity index (χ4n) is 1.50. The third kappa shape index (κ3) is 1.73. The summed E-state index contributed by atoms with van der Waals surface area (Å²) in [5, 5.41) is 13.1. The maximum atomic E-state index is 11.7. The highest BCUT2D eigenvalue weighted by Gasteiger charge is 2.07. The number of aromatic nitrogens is 5. The van der Waals surface area contributed by atoms with E-state index in [0.29, 0.717) is 16.9 Å². The van der Waals surface area contributed by atoms with Gasteiger partial charge >= 0.3 is 0 Å². The van der Waals surface area contributed by atoms with Gasteiger partial charge < -0.3 is 10.3 Å². The molecule has 2 heterocycles. The lowest BCUT2D eigenvalue weighted by Gasteiger charge is -2.02. The molecule has 3 aromatic rings. The van der Waals surface area contributed by atoms with Crippen LogP contribution in [0.1, 0.15) is 10.5 Å². The molecule has 0 aliphatic heterocycles. The van der Waals surface area contributed by atoms with Gasteiger partial charge in [0.25, 0.3) is 5.91 Å². The number of imidazole rings is 1. The number of benzene rings is 1. The highest BCUT2D eigenvalue weighted by molar-refractivity contribution is 6.03. The van der Waals surface area contributed by atoms with Crippen LogP contribution in [0.15, 0.2) is 30.7 Å². The molecular weight excluding hydrogens is 220 g/mol. The van der Waals surface area contributed by atoms with Crippen molar-refractivity contribution < 1.29 is 4.79 Å². The highest BCUT2D eigenvalue weighted by Crippen LogP contribution is 2.15. The van der Waals surface area contributed by atoms with E-state index in [0.717, 1.165) is 5.52 Å². The number of carbonyl (C=O) groups is 1. The lowest BCUT2D eigenvalue weighted by Crippen LogP contribution is -2.12. The van der Waals surface area contributed by atoms with Crippen LogP contribution in [0.2, 0.25) is 0 Å². The van der Waals surface area contributed by atoms with Crippen LogP contribution in [-0.4, -0.2) is 31.3 Å². The van der Waals surface area contributed by atoms with Gasteiger partial charge in [0.2, 0.25) is 0 Å². The fraction of sp³-hybridized carbons (Fsp3) is 0. The van der Waals surface area contributed by atoms with E-state index in [1.54, 1.807) is 18.2 Å². The second kappa shape index (κ2) is 3.71. The number of H-pyrrole nitrogens is 2. The van der Waals surface area contributed by atoms with Crippen molar-refractivity contribution in [3.05, 3.63) is 36.4 Å². The number of nitrogens with one attached hydrogen (secondary N) is 3. The first-order valence-corrected chi connectivity index (χ1v) is 4.93. The average molecular weight is 228 g/mol. The third-order valence-corrected chi connectivity index (χ3v) is 2.32. The first-order chi connectivity index (χ1) is 8.33. The van der Waals surface area contributed by atoms with Gasteiger partial charge in [-0.15, -0.1) is 0 Å². The van der Waals surface area contributed by atoms with Crippen molar-refractivity contribution >= 4 is 22.6 Å². The van der Waals surface area contributed by atoms with Crippen molar-refractivity contribution in [1.82, 2.24) is 25.4 Å². The Morgan fingerprint density at radius 2 is 2.12 bits per heavy atom. The Morgan fingerprint density at radius 1 is 1.24 bits per heavy atom. The Hall–Kier alpha value is -2.70. The normalized spacial score (nSPS) is 10.6. The second-order valence-electron chi connectivity index (χ2n) is 3.45. The van der Waals surface area contributed by atoms with Crippen molar-refractivity contribution in [1.29, 1.82) is 0 Å². The maximum absolute atomic E-state index is 11.7. The van der Waals surface area contributed by atoms with Crippen molar-refractivity contribution in [3.8, 4) is 0 Å². The lowest BCUT2D eigenvalue weighted by molar-refractivity contribution is 0.102. The number of anilines is 1. The van der Waals surface area contributed by atoms with Gasteiger partial charge in [0.15, 0.2) is 0 Å². The molecule has 7 heteroatoms. The van der Waals surface area contributed by atoms with Gasteiger partial charge in [-0.25, -0.2) is 4.98 Å². The minimum atomic E-state index is -0.245. The Balaban J connectivity index is 1.87. The summed E-state index contributed by atoms with van der Waals surface area (Å²) in [6.07, 6.45) is 2.92. The summed E-state index contributed by atoms with van der Waals surface area (Å²) in [6.45, 7) is 0. The van der Waals surface area contributed by atoms with Crippen LogP contribution in [-0.2, 0) is 0 Å². The summed E-state index contributed by atoms with van der Waals surface area (Å²) in [6, 6.07) is 5.29. The van der Waals surface area contributed by atoms with E-state index >= 15 is 0 Å². The summed E-state index contributed by atoms with van der Waals surface area (Å²) >= 11 is 0. The molecule has 0 unspecified atom stereocenters. The molecule has 0 aliphatic rings. The quantitative estimate of drug-likeness (QED) is 0.607. The molecule has 0 saturated carbocycles. The number of amides is 1. The molecule has 0 atom stereocenters. The Labute approximate surface area is 95.3 Å². The SMILES string of the molecule is O=C(Nc1ccc2n[nH]nc2c1)c1cnc[nH]1. The van der Waals surface area contributed by atoms with E-state index in [9.17, 15) is 4.79 Å². The Morgan fingerprint density at radius 3 is 2.94 bits per heavy atom. The van der Waals surface area contributed by atoms with Crippen LogP contribution in [0.5, 0.6) is 0 Å². The molecule has 0 fully saturated rings. The molecule has 3 rings (SSSR count). The minimum absolute atomic E-state index is 0.245. The third-order valence-electron chi connectivity index (χ3n) is 2.32. The number of hydrogen-bond acceptors (Lipinski definition) is 4. The van der Waals surface area contributed by atoms with Crippen molar-refractivity contribution in [3.63, 3.8) is 0 Å². The number of fused-ring (bicyclic) bond motifs is 1. The minimum Gasteiger partial charge on any atom is -0.341 e. The number of aromatic amines is 2. The summed E-state index contributed by atoms with van der Waals surface area (Å²) in [4.78, 5) is 18.2. The van der Waals surface area contributed by atoms with Crippen molar-refractivity contribution in [2.24, 2.45) is 0 Å². The molecule has 3 N–H and O–H groups in total. The molecule has 84 valence electrons. The molecular formula is C10H8N6O. The van der Waals surface area contributed by atoms with Gasteiger partial charge in [0, 0.05) is 5.69 Å². The van der Waals surface area contributed by atoms with Crippen LogP contribution < -0.4 is 5.32 Å². The number of hydrogen-bond donors (Lipinski definition) is 3. The molecule has 7 nitrogen and oxygen atoms in total. The standard InChI is InChI=1S/C10H8N6O/c17-10(9-4-11-5-12-9)13-6-1-2-7-8(3-6)15-16-14-7/h1-5H,(H,11,12)(H,13,17)(H,14,15,16). The molecule has 17 heavy (non-hydrogen) atoms. The van der Waals surface area contributed by atoms with Gasteiger partial charge in [-0.2, -0.15) is 15.4 Å². The van der Waals surface area contributed by atoms with Crippen molar-refractivity contribution in [2.45, 2.75) is 0 Å². The number of nitrogens with zero attached hydrogens (tertiary/aromatic N) is 3. The molecule has 0 aliphatic carbocycles. The zero-order chi connectivity index (χ0) is 11.7. The zero-order valence-corrected chi connectivity index (χ0v) is 8.64. The summed E-state index contributed by atoms with van der Waals surface area (Å²) < 4.78 is 0. The molecule has 0 bridgehead atoms. The largest absolute Gasteiger partial charge is 0.341 e. The average Bonchev–Trinajstić information content (AvgIpc) is 2.99. The van der Waals surface area contributed by atoms with E-state index in [4.69, 9.17) is 0 Å². The Kier molecular flexibility index (Phi) is 2.08. The van der Waals surface area contributed by atoms with Gasteiger partial charge in [-0.05, 0) is 18.2 Å². The van der Waals surface area contributed by atoms with Crippen LogP contribution in [0.4, 0.5) is 5.69 Å². The topological polar surface area (TPSA) is 99.3 Å². The van der Waals surface area contributed by atoms with Gasteiger partial charge in [0.05, 0.1) is 12.5 Å². The lowest BCUT2D eigenvalue weighted by atomic mass is 10.2. The molecule has 1 amide bonds. The van der Waals surface area contributed by atoms with Crippen LogP contribution >= 0.6 is 0 Å². The monoisotopic (exact) mass is 228 g/mol. The zero-order valence-electron chi connectivity index (χ0n) is 8.64. The molecule has 1 aromatic carbocycles. The van der Waals surface area contributed by atoms with E-state index in [2.05, 4.69) is 30.7 Å². The molecule has 0 radical (unpaired) electrons. The smallest absolute Gasteiger partial charge is 0.273 e. The predicted octanol–water partition coefficient (Wildman–Crippen LogP) is 0.933. The molecule has 2 aromatic heterocycles. The summed E-state index contributed by atoms with van der Waals surface area (Å²) in [5.74, 6) is -0.245. The first-order valence-electron chi connectivity index (χ1n) is 4.93. The maximum Gasteiger partial charge on any atom is 0.273 e. The van der Waals surface area contributed by atoms with E-state index < -0.39 is 0 Å². The summed E-state index contributed by atoms with van der Waals surface area (Å²) in [5.41, 5.74) is 2.52. The van der Waals surface area contributed by atoms with E-state index in [1.165, 1.54) is 12.5 Å². The number of carbonyl (C=O) groups excluding carboxylic acids is 1. The second-order valence-corrected chi connectivity index (χ2v) is 3.45. The Bertz CT molecular complexity index is 656. The van der Waals surface area contributed by atoms with Gasteiger partial charge in [-0.1, -0.05) is 0 Å². The number of rotatable bonds is 2. The van der Waals surface area contributed by atoms with Crippen LogP contribution in [0, 0.1) is 0 Å². The predicted molar refractivity (Wildman–Crippen MR) is 60.4 cm³/mol. The molecule has 0 saturated heterocycles. The van der Waals surface area contributed by atoms with Crippen molar-refractivity contribution in [2.75, 3.05) is 5.32 Å².